The second kappa shape index (κ2) is 5.40. The van der Waals surface area contributed by atoms with Crippen molar-refractivity contribution in [3.63, 3.8) is 0 Å². The minimum atomic E-state index is -0.361. The Kier molecular flexibility index (Phi) is 3.89. The van der Waals surface area contributed by atoms with Crippen molar-refractivity contribution in [3.8, 4) is 0 Å². The minimum absolute atomic E-state index is 0.0727. The molecular formula is C12H18FN3O. The fourth-order valence-electron chi connectivity index (χ4n) is 1.87. The van der Waals surface area contributed by atoms with E-state index in [1.165, 1.54) is 0 Å². The number of hydrogen-bond donors (Lipinski definition) is 1. The summed E-state index contributed by atoms with van der Waals surface area (Å²) in [4.78, 5) is 8.40. The molecule has 2 heterocycles. The Morgan fingerprint density at radius 2 is 2.29 bits per heavy atom. The molecule has 94 valence electrons. The third kappa shape index (κ3) is 2.72. The molecule has 0 radical (unpaired) electrons. The summed E-state index contributed by atoms with van der Waals surface area (Å²) in [6.45, 7) is 5.13. The van der Waals surface area contributed by atoms with E-state index in [2.05, 4.69) is 15.3 Å². The van der Waals surface area contributed by atoms with Crippen molar-refractivity contribution in [1.29, 1.82) is 0 Å². The van der Waals surface area contributed by atoms with Gasteiger partial charge in [-0.15, -0.1) is 0 Å². The number of halogens is 1. The minimum Gasteiger partial charge on any atom is -0.370 e. The maximum absolute atomic E-state index is 13.8. The lowest BCUT2D eigenvalue weighted by Gasteiger charge is -2.12. The van der Waals surface area contributed by atoms with Crippen molar-refractivity contribution < 1.29 is 9.13 Å². The lowest BCUT2D eigenvalue weighted by atomic mass is 10.2. The molecule has 1 aliphatic rings. The molecule has 1 aromatic rings. The Morgan fingerprint density at radius 1 is 1.47 bits per heavy atom. The summed E-state index contributed by atoms with van der Waals surface area (Å²) in [5.41, 5.74) is 0.379. The number of hydrogen-bond acceptors (Lipinski definition) is 4. The number of aryl methyl sites for hydroxylation is 1. The zero-order valence-electron chi connectivity index (χ0n) is 10.3. The SMILES string of the molecule is CCCNc1nc(C2CCCO2)nc(C)c1F. The highest BCUT2D eigenvalue weighted by Crippen LogP contribution is 2.27. The van der Waals surface area contributed by atoms with E-state index < -0.39 is 0 Å². The highest BCUT2D eigenvalue weighted by molar-refractivity contribution is 5.38. The van der Waals surface area contributed by atoms with Gasteiger partial charge in [0.25, 0.3) is 0 Å². The van der Waals surface area contributed by atoms with Crippen molar-refractivity contribution in [2.75, 3.05) is 18.5 Å². The van der Waals surface area contributed by atoms with Gasteiger partial charge in [0.15, 0.2) is 17.5 Å². The third-order valence-corrected chi connectivity index (χ3v) is 2.79. The van der Waals surface area contributed by atoms with E-state index >= 15 is 0 Å². The van der Waals surface area contributed by atoms with Gasteiger partial charge in [-0.1, -0.05) is 6.92 Å². The van der Waals surface area contributed by atoms with Crippen molar-refractivity contribution in [3.05, 3.63) is 17.3 Å². The number of nitrogens with zero attached hydrogens (tertiary/aromatic N) is 2. The van der Waals surface area contributed by atoms with Crippen LogP contribution in [0.4, 0.5) is 10.2 Å². The molecule has 0 saturated carbocycles. The van der Waals surface area contributed by atoms with E-state index in [4.69, 9.17) is 4.74 Å². The smallest absolute Gasteiger partial charge is 0.186 e. The van der Waals surface area contributed by atoms with Crippen LogP contribution in [0.2, 0.25) is 0 Å². The quantitative estimate of drug-likeness (QED) is 0.877. The Labute approximate surface area is 101 Å². The van der Waals surface area contributed by atoms with E-state index in [1.807, 2.05) is 6.92 Å². The van der Waals surface area contributed by atoms with Crippen LogP contribution < -0.4 is 5.32 Å². The van der Waals surface area contributed by atoms with Gasteiger partial charge in [0.05, 0.1) is 5.69 Å². The standard InChI is InChI=1S/C12H18FN3O/c1-3-6-14-12-10(13)8(2)15-11(16-12)9-5-4-7-17-9/h9H,3-7H2,1-2H3,(H,14,15,16). The summed E-state index contributed by atoms with van der Waals surface area (Å²) >= 11 is 0. The first-order chi connectivity index (χ1) is 8.22. The first-order valence-corrected chi connectivity index (χ1v) is 6.12. The zero-order valence-corrected chi connectivity index (χ0v) is 10.3. The monoisotopic (exact) mass is 239 g/mol. The summed E-state index contributed by atoms with van der Waals surface area (Å²) in [7, 11) is 0. The zero-order chi connectivity index (χ0) is 12.3. The summed E-state index contributed by atoms with van der Waals surface area (Å²) in [6.07, 6.45) is 2.79. The van der Waals surface area contributed by atoms with E-state index in [0.29, 0.717) is 23.9 Å². The molecule has 2 rings (SSSR count). The molecule has 0 amide bonds. The van der Waals surface area contributed by atoms with Gasteiger partial charge in [-0.3, -0.25) is 0 Å². The summed E-state index contributed by atoms with van der Waals surface area (Å²) in [6, 6.07) is 0. The highest BCUT2D eigenvalue weighted by atomic mass is 19.1. The van der Waals surface area contributed by atoms with Gasteiger partial charge < -0.3 is 10.1 Å². The molecule has 1 aliphatic heterocycles. The fourth-order valence-corrected chi connectivity index (χ4v) is 1.87. The maximum atomic E-state index is 13.8. The Hall–Kier alpha value is -1.23. The van der Waals surface area contributed by atoms with Gasteiger partial charge in [-0.05, 0) is 26.2 Å². The van der Waals surface area contributed by atoms with Crippen molar-refractivity contribution in [2.24, 2.45) is 0 Å². The topological polar surface area (TPSA) is 47.0 Å². The van der Waals surface area contributed by atoms with E-state index in [0.717, 1.165) is 25.9 Å². The number of rotatable bonds is 4. The molecule has 4 nitrogen and oxygen atoms in total. The lowest BCUT2D eigenvalue weighted by molar-refractivity contribution is 0.105. The van der Waals surface area contributed by atoms with Crippen LogP contribution in [-0.2, 0) is 4.74 Å². The van der Waals surface area contributed by atoms with Crippen LogP contribution in [-0.4, -0.2) is 23.1 Å². The Balaban J connectivity index is 2.24. The van der Waals surface area contributed by atoms with Crippen molar-refractivity contribution in [1.82, 2.24) is 9.97 Å². The van der Waals surface area contributed by atoms with Crippen LogP contribution in [0.5, 0.6) is 0 Å². The summed E-state index contributed by atoms with van der Waals surface area (Å²) in [5.74, 6) is 0.532. The summed E-state index contributed by atoms with van der Waals surface area (Å²) in [5, 5.41) is 2.99. The van der Waals surface area contributed by atoms with Gasteiger partial charge in [-0.25, -0.2) is 14.4 Å². The predicted octanol–water partition coefficient (Wildman–Crippen LogP) is 2.60. The van der Waals surface area contributed by atoms with Gasteiger partial charge >= 0.3 is 0 Å². The average Bonchev–Trinajstić information content (AvgIpc) is 2.84. The third-order valence-electron chi connectivity index (χ3n) is 2.79. The molecule has 0 aliphatic carbocycles. The van der Waals surface area contributed by atoms with Crippen molar-refractivity contribution in [2.45, 2.75) is 39.2 Å². The van der Waals surface area contributed by atoms with Crippen LogP contribution in [0, 0.1) is 12.7 Å². The van der Waals surface area contributed by atoms with Gasteiger partial charge in [0.1, 0.15) is 6.10 Å². The molecule has 1 saturated heterocycles. The largest absolute Gasteiger partial charge is 0.370 e. The van der Waals surface area contributed by atoms with Gasteiger partial charge in [0, 0.05) is 13.2 Å². The Bertz CT molecular complexity index is 392. The van der Waals surface area contributed by atoms with Gasteiger partial charge in [-0.2, -0.15) is 0 Å². The average molecular weight is 239 g/mol. The Morgan fingerprint density at radius 3 is 2.94 bits per heavy atom. The molecule has 1 fully saturated rings. The van der Waals surface area contributed by atoms with E-state index in [9.17, 15) is 4.39 Å². The summed E-state index contributed by atoms with van der Waals surface area (Å²) < 4.78 is 19.3. The fraction of sp³-hybridized carbons (Fsp3) is 0.667. The normalized spacial score (nSPS) is 19.6. The molecule has 17 heavy (non-hydrogen) atoms. The van der Waals surface area contributed by atoms with Crippen LogP contribution in [0.3, 0.4) is 0 Å². The number of aromatic nitrogens is 2. The molecule has 1 N–H and O–H groups in total. The molecule has 0 spiro atoms. The predicted molar refractivity (Wildman–Crippen MR) is 63.4 cm³/mol. The molecular weight excluding hydrogens is 221 g/mol. The molecule has 5 heteroatoms. The first-order valence-electron chi connectivity index (χ1n) is 6.12. The first kappa shape index (κ1) is 12.2. The van der Waals surface area contributed by atoms with E-state index in [-0.39, 0.29) is 11.9 Å². The van der Waals surface area contributed by atoms with E-state index in [1.54, 1.807) is 6.92 Å². The molecule has 1 unspecified atom stereocenters. The number of ether oxygens (including phenoxy) is 1. The van der Waals surface area contributed by atoms with Crippen molar-refractivity contribution >= 4 is 5.82 Å². The van der Waals surface area contributed by atoms with Gasteiger partial charge in [0.2, 0.25) is 0 Å². The van der Waals surface area contributed by atoms with Crippen LogP contribution in [0.25, 0.3) is 0 Å². The molecule has 1 aromatic heterocycles. The second-order valence-corrected chi connectivity index (χ2v) is 4.26. The number of nitrogens with one attached hydrogen (secondary N) is 1. The highest BCUT2D eigenvalue weighted by Gasteiger charge is 2.22. The maximum Gasteiger partial charge on any atom is 0.186 e. The molecule has 0 aromatic carbocycles. The van der Waals surface area contributed by atoms with Crippen LogP contribution in [0.15, 0.2) is 0 Å². The molecule has 0 bridgehead atoms. The lowest BCUT2D eigenvalue weighted by Crippen LogP contribution is -2.12. The molecule has 1 atom stereocenters. The van der Waals surface area contributed by atoms with Crippen LogP contribution in [0.1, 0.15) is 43.8 Å². The second-order valence-electron chi connectivity index (χ2n) is 4.26. The number of anilines is 1. The van der Waals surface area contributed by atoms with Crippen LogP contribution >= 0.6 is 0 Å².